The van der Waals surface area contributed by atoms with Gasteiger partial charge in [0.15, 0.2) is 6.17 Å². The molecule has 0 aromatic heterocycles. The molecule has 0 aliphatic rings. The topological polar surface area (TPSA) is 12.0 Å². The molecule has 0 spiro atoms. The lowest BCUT2D eigenvalue weighted by Gasteiger charge is -2.38. The summed E-state index contributed by atoms with van der Waals surface area (Å²) in [6.07, 6.45) is -8.73. The van der Waals surface area contributed by atoms with E-state index in [2.05, 4.69) is 0 Å². The van der Waals surface area contributed by atoms with E-state index in [-0.39, 0.29) is 6.92 Å². The lowest BCUT2D eigenvalue weighted by molar-refractivity contribution is -0.336. The average molecular weight is 437 g/mol. The van der Waals surface area contributed by atoms with E-state index in [9.17, 15) is 61.5 Å². The monoisotopic (exact) mass is 437 g/mol. The summed E-state index contributed by atoms with van der Waals surface area (Å²) in [6, 6.07) is 0. The molecule has 1 N–H and O–H groups in total. The molecule has 0 bridgehead atoms. The number of hydrogen-bond donors (Lipinski definition) is 1. The molecule has 2 unspecified atom stereocenters. The molecule has 0 amide bonds. The first kappa shape index (κ1) is 26.0. The molecule has 0 aromatic carbocycles. The first-order valence-corrected chi connectivity index (χ1v) is 6.80. The molecule has 0 heterocycles. The second kappa shape index (κ2) is 7.43. The molecule has 0 fully saturated rings. The summed E-state index contributed by atoms with van der Waals surface area (Å²) in [4.78, 5) is 0. The summed E-state index contributed by atoms with van der Waals surface area (Å²) < 4.78 is 181. The fourth-order valence-electron chi connectivity index (χ4n) is 1.65. The Balaban J connectivity index is 5.35. The van der Waals surface area contributed by atoms with Gasteiger partial charge in [0.25, 0.3) is 5.92 Å². The summed E-state index contributed by atoms with van der Waals surface area (Å²) in [5.74, 6) is -30.1. The SMILES string of the molecule is CC(F)C(F)(F)C(C)(F)C(F)(F)CNCC(F)(F)C(F)(F)C(F)(F)C(F)F. The lowest BCUT2D eigenvalue weighted by atomic mass is 9.89. The van der Waals surface area contributed by atoms with Gasteiger partial charge >= 0.3 is 30.1 Å². The van der Waals surface area contributed by atoms with Crippen molar-refractivity contribution >= 4 is 0 Å². The van der Waals surface area contributed by atoms with Crippen molar-refractivity contribution < 1.29 is 61.5 Å². The van der Waals surface area contributed by atoms with Crippen LogP contribution in [0.5, 0.6) is 0 Å². The quantitative estimate of drug-likeness (QED) is 0.469. The van der Waals surface area contributed by atoms with Gasteiger partial charge in [-0.1, -0.05) is 0 Å². The maximum atomic E-state index is 13.7. The maximum Gasteiger partial charge on any atom is 0.379 e. The van der Waals surface area contributed by atoms with Crippen LogP contribution in [0.1, 0.15) is 13.8 Å². The predicted octanol–water partition coefficient (Wildman–Crippen LogP) is 5.10. The Labute approximate surface area is 143 Å². The second-order valence-corrected chi connectivity index (χ2v) is 5.75. The third-order valence-corrected chi connectivity index (χ3v) is 3.66. The van der Waals surface area contributed by atoms with Gasteiger partial charge in [-0.2, -0.15) is 35.1 Å². The third kappa shape index (κ3) is 4.36. The van der Waals surface area contributed by atoms with Crippen molar-refractivity contribution in [2.24, 2.45) is 0 Å². The van der Waals surface area contributed by atoms with E-state index in [4.69, 9.17) is 0 Å². The molecule has 164 valence electrons. The van der Waals surface area contributed by atoms with Crippen molar-refractivity contribution in [2.45, 2.75) is 61.7 Å². The van der Waals surface area contributed by atoms with Crippen LogP contribution in [0.25, 0.3) is 0 Å². The molecule has 2 atom stereocenters. The zero-order chi connectivity index (χ0) is 22.3. The van der Waals surface area contributed by atoms with Crippen molar-refractivity contribution in [3.05, 3.63) is 0 Å². The van der Waals surface area contributed by atoms with Crippen LogP contribution < -0.4 is 5.32 Å². The van der Waals surface area contributed by atoms with Crippen LogP contribution in [0.2, 0.25) is 0 Å². The molecule has 0 saturated carbocycles. The molecule has 0 radical (unpaired) electrons. The Kier molecular flexibility index (Phi) is 7.15. The summed E-state index contributed by atoms with van der Waals surface area (Å²) in [5.41, 5.74) is -5.01. The Morgan fingerprint density at radius 2 is 1.04 bits per heavy atom. The number of rotatable bonds is 10. The van der Waals surface area contributed by atoms with Crippen LogP contribution in [0.15, 0.2) is 0 Å². The smallest absolute Gasteiger partial charge is 0.305 e. The van der Waals surface area contributed by atoms with Crippen molar-refractivity contribution in [2.75, 3.05) is 13.1 Å². The average Bonchev–Trinajstić information content (AvgIpc) is 2.45. The fraction of sp³-hybridized carbons (Fsp3) is 1.00. The van der Waals surface area contributed by atoms with Crippen LogP contribution in [0.4, 0.5) is 61.5 Å². The van der Waals surface area contributed by atoms with Crippen molar-refractivity contribution in [1.29, 1.82) is 0 Å². The minimum Gasteiger partial charge on any atom is -0.305 e. The molecular formula is C12H13F14N. The normalized spacial score (nSPS) is 18.6. The van der Waals surface area contributed by atoms with E-state index in [1.54, 1.807) is 0 Å². The van der Waals surface area contributed by atoms with Gasteiger partial charge in [-0.15, -0.1) is 0 Å². The lowest BCUT2D eigenvalue weighted by Crippen LogP contribution is -2.64. The van der Waals surface area contributed by atoms with Crippen molar-refractivity contribution in [3.63, 3.8) is 0 Å². The highest BCUT2D eigenvalue weighted by molar-refractivity contribution is 5.05. The van der Waals surface area contributed by atoms with E-state index in [1.807, 2.05) is 0 Å². The van der Waals surface area contributed by atoms with Crippen LogP contribution in [-0.4, -0.2) is 61.0 Å². The van der Waals surface area contributed by atoms with Gasteiger partial charge in [-0.05, 0) is 13.8 Å². The van der Waals surface area contributed by atoms with Gasteiger partial charge in [0.1, 0.15) is 0 Å². The molecule has 0 aliphatic carbocycles. The van der Waals surface area contributed by atoms with Gasteiger partial charge in [0.05, 0.1) is 13.1 Å². The largest absolute Gasteiger partial charge is 0.379 e. The Morgan fingerprint density at radius 3 is 1.37 bits per heavy atom. The van der Waals surface area contributed by atoms with Gasteiger partial charge in [0, 0.05) is 0 Å². The van der Waals surface area contributed by atoms with Crippen molar-refractivity contribution in [1.82, 2.24) is 5.32 Å². The Bertz CT molecular complexity index is 454. The van der Waals surface area contributed by atoms with E-state index in [0.717, 1.165) is 0 Å². The first-order chi connectivity index (χ1) is 11.6. The van der Waals surface area contributed by atoms with Crippen LogP contribution in [0.3, 0.4) is 0 Å². The van der Waals surface area contributed by atoms with Gasteiger partial charge in [-0.25, -0.2) is 26.3 Å². The van der Waals surface area contributed by atoms with Crippen molar-refractivity contribution in [3.8, 4) is 0 Å². The fourth-order valence-corrected chi connectivity index (χ4v) is 1.65. The van der Waals surface area contributed by atoms with Crippen LogP contribution >= 0.6 is 0 Å². The molecular weight excluding hydrogens is 424 g/mol. The van der Waals surface area contributed by atoms with E-state index in [1.165, 1.54) is 0 Å². The zero-order valence-electron chi connectivity index (χ0n) is 13.4. The van der Waals surface area contributed by atoms with Gasteiger partial charge in [0.2, 0.25) is 5.67 Å². The second-order valence-electron chi connectivity index (χ2n) is 5.75. The molecule has 0 aromatic rings. The number of nitrogens with one attached hydrogen (secondary N) is 1. The van der Waals surface area contributed by atoms with Gasteiger partial charge in [-0.3, -0.25) is 0 Å². The maximum absolute atomic E-state index is 13.7. The molecule has 0 aliphatic heterocycles. The summed E-state index contributed by atoms with van der Waals surface area (Å²) in [6.45, 7) is -5.87. The third-order valence-electron chi connectivity index (χ3n) is 3.66. The van der Waals surface area contributed by atoms with E-state index >= 15 is 0 Å². The molecule has 0 saturated heterocycles. The highest BCUT2D eigenvalue weighted by Crippen LogP contribution is 2.49. The Hall–Kier alpha value is -1.02. The highest BCUT2D eigenvalue weighted by atomic mass is 19.4. The molecule has 27 heavy (non-hydrogen) atoms. The minimum atomic E-state index is -6.73. The number of alkyl halides is 14. The van der Waals surface area contributed by atoms with Crippen LogP contribution in [0, 0.1) is 0 Å². The first-order valence-electron chi connectivity index (χ1n) is 6.80. The number of hydrogen-bond acceptors (Lipinski definition) is 1. The van der Waals surface area contributed by atoms with Gasteiger partial charge < -0.3 is 5.32 Å². The summed E-state index contributed by atoms with van der Waals surface area (Å²) in [5, 5.41) is 0.646. The standard InChI is InChI=1S/C12H13F14N/c1-5(13)10(21,22)7(2,16)8(17,18)3-27-4-9(19,20)12(25,26)11(23,24)6(14)15/h5-6,27H,3-4H2,1-2H3. The summed E-state index contributed by atoms with van der Waals surface area (Å²) in [7, 11) is 0. The zero-order valence-corrected chi connectivity index (χ0v) is 13.4. The Morgan fingerprint density at radius 1 is 0.667 bits per heavy atom. The van der Waals surface area contributed by atoms with Crippen LogP contribution in [-0.2, 0) is 0 Å². The number of halogens is 14. The predicted molar refractivity (Wildman–Crippen MR) is 63.7 cm³/mol. The minimum absolute atomic E-state index is 0.00245. The van der Waals surface area contributed by atoms with E-state index in [0.29, 0.717) is 5.32 Å². The molecule has 15 heteroatoms. The molecule has 1 nitrogen and oxygen atoms in total. The molecule has 0 rings (SSSR count). The van der Waals surface area contributed by atoms with E-state index < -0.39 is 67.9 Å². The summed E-state index contributed by atoms with van der Waals surface area (Å²) >= 11 is 0. The highest BCUT2D eigenvalue weighted by Gasteiger charge is 2.75.